The third kappa shape index (κ3) is 3.88. The van der Waals surface area contributed by atoms with Gasteiger partial charge in [0.05, 0.1) is 5.69 Å². The maximum Gasteiger partial charge on any atom is 0.240 e. The average molecular weight is 255 g/mol. The van der Waals surface area contributed by atoms with Crippen LogP contribution in [0, 0.1) is 0 Å². The van der Waals surface area contributed by atoms with E-state index in [4.69, 9.17) is 0 Å². The van der Waals surface area contributed by atoms with Crippen LogP contribution in [0.1, 0.15) is 5.56 Å². The zero-order valence-electron chi connectivity index (χ0n) is 9.87. The predicted octanol–water partition coefficient (Wildman–Crippen LogP) is 3.99. The molecule has 2 nitrogen and oxygen atoms in total. The molecule has 0 N–H and O–H groups in total. The number of nitrogens with zero attached hydrogens (tertiary/aromatic N) is 1. The Bertz CT molecular complexity index is 547. The third-order valence-electron chi connectivity index (χ3n) is 2.49. The van der Waals surface area contributed by atoms with Crippen molar-refractivity contribution in [3.05, 3.63) is 60.2 Å². The van der Waals surface area contributed by atoms with Crippen molar-refractivity contribution >= 4 is 23.5 Å². The lowest BCUT2D eigenvalue weighted by Crippen LogP contribution is -1.87. The molecular formula is C15H13NOS. The van der Waals surface area contributed by atoms with Crippen molar-refractivity contribution in [2.45, 2.75) is 11.3 Å². The first-order chi connectivity index (χ1) is 8.88. The maximum absolute atomic E-state index is 10.2. The summed E-state index contributed by atoms with van der Waals surface area (Å²) in [6, 6.07) is 18.0. The van der Waals surface area contributed by atoms with Crippen LogP contribution < -0.4 is 0 Å². The van der Waals surface area contributed by atoms with Crippen LogP contribution in [0.3, 0.4) is 0 Å². The van der Waals surface area contributed by atoms with E-state index in [2.05, 4.69) is 29.3 Å². The molecule has 0 fully saturated rings. The molecule has 0 unspecified atom stereocenters. The summed E-state index contributed by atoms with van der Waals surface area (Å²) in [5.74, 6) is 1.01. The fourth-order valence-electron chi connectivity index (χ4n) is 1.63. The molecule has 0 aromatic heterocycles. The number of aryl methyl sites for hydroxylation is 1. The summed E-state index contributed by atoms with van der Waals surface area (Å²) < 4.78 is 0. The van der Waals surface area contributed by atoms with Crippen molar-refractivity contribution in [3.8, 4) is 0 Å². The Balaban J connectivity index is 1.90. The van der Waals surface area contributed by atoms with Gasteiger partial charge in [-0.05, 0) is 30.2 Å². The van der Waals surface area contributed by atoms with Gasteiger partial charge in [-0.1, -0.05) is 36.4 Å². The fraction of sp³-hybridized carbons (Fsp3) is 0.133. The quantitative estimate of drug-likeness (QED) is 0.459. The van der Waals surface area contributed by atoms with Crippen LogP contribution in [-0.4, -0.2) is 11.8 Å². The third-order valence-corrected chi connectivity index (χ3v) is 3.49. The molecule has 0 aliphatic rings. The number of aliphatic imine (C=N–C) groups is 1. The summed E-state index contributed by atoms with van der Waals surface area (Å²) >= 11 is 1.77. The number of thioether (sulfide) groups is 1. The molecule has 0 aliphatic carbocycles. The minimum atomic E-state index is 0.662. The summed E-state index contributed by atoms with van der Waals surface area (Å²) in [6.07, 6.45) is 2.59. The van der Waals surface area contributed by atoms with Gasteiger partial charge >= 0.3 is 0 Å². The Morgan fingerprint density at radius 2 is 1.89 bits per heavy atom. The molecule has 3 heteroatoms. The zero-order chi connectivity index (χ0) is 12.6. The molecule has 0 heterocycles. The van der Waals surface area contributed by atoms with Crippen molar-refractivity contribution in [1.82, 2.24) is 0 Å². The molecular weight excluding hydrogens is 242 g/mol. The fourth-order valence-corrected chi connectivity index (χ4v) is 2.58. The second kappa shape index (κ2) is 6.80. The van der Waals surface area contributed by atoms with Gasteiger partial charge in [0.1, 0.15) is 0 Å². The monoisotopic (exact) mass is 255 g/mol. The summed E-state index contributed by atoms with van der Waals surface area (Å²) in [7, 11) is 0. The van der Waals surface area contributed by atoms with E-state index < -0.39 is 0 Å². The molecule has 0 saturated heterocycles. The Morgan fingerprint density at radius 3 is 2.67 bits per heavy atom. The number of hydrogen-bond acceptors (Lipinski definition) is 3. The van der Waals surface area contributed by atoms with Gasteiger partial charge in [-0.3, -0.25) is 0 Å². The predicted molar refractivity (Wildman–Crippen MR) is 75.1 cm³/mol. The van der Waals surface area contributed by atoms with E-state index in [9.17, 15) is 4.79 Å². The molecule has 2 aromatic rings. The lowest BCUT2D eigenvalue weighted by molar-refractivity contribution is 0.565. The van der Waals surface area contributed by atoms with Gasteiger partial charge in [0.2, 0.25) is 6.08 Å². The molecule has 90 valence electrons. The highest BCUT2D eigenvalue weighted by molar-refractivity contribution is 7.99. The molecule has 0 amide bonds. The molecule has 0 saturated carbocycles. The molecule has 2 aromatic carbocycles. The van der Waals surface area contributed by atoms with E-state index >= 15 is 0 Å². The number of benzene rings is 2. The van der Waals surface area contributed by atoms with E-state index in [1.165, 1.54) is 5.56 Å². The SMILES string of the molecule is O=C=Nc1cccc(SCCc2ccccc2)c1. The Morgan fingerprint density at radius 1 is 1.06 bits per heavy atom. The molecule has 18 heavy (non-hydrogen) atoms. The molecule has 0 atom stereocenters. The van der Waals surface area contributed by atoms with Crippen LogP contribution in [0.4, 0.5) is 5.69 Å². The lowest BCUT2D eigenvalue weighted by atomic mass is 10.2. The first-order valence-corrected chi connectivity index (χ1v) is 6.72. The maximum atomic E-state index is 10.2. The van der Waals surface area contributed by atoms with Crippen LogP contribution in [-0.2, 0) is 11.2 Å². The second-order valence-corrected chi connectivity index (χ2v) is 4.95. The number of isocyanates is 1. The largest absolute Gasteiger partial charge is 0.240 e. The number of hydrogen-bond donors (Lipinski definition) is 0. The first kappa shape index (κ1) is 12.6. The second-order valence-electron chi connectivity index (χ2n) is 3.78. The zero-order valence-corrected chi connectivity index (χ0v) is 10.7. The van der Waals surface area contributed by atoms with Crippen molar-refractivity contribution in [2.24, 2.45) is 4.99 Å². The van der Waals surface area contributed by atoms with Gasteiger partial charge in [-0.2, -0.15) is 4.99 Å². The normalized spacial score (nSPS) is 9.78. The molecule has 0 aliphatic heterocycles. The number of rotatable bonds is 5. The van der Waals surface area contributed by atoms with Gasteiger partial charge in [-0.25, -0.2) is 4.79 Å². The topological polar surface area (TPSA) is 29.4 Å². The van der Waals surface area contributed by atoms with Crippen LogP contribution >= 0.6 is 11.8 Å². The molecule has 0 bridgehead atoms. The summed E-state index contributed by atoms with van der Waals surface area (Å²) in [6.45, 7) is 0. The first-order valence-electron chi connectivity index (χ1n) is 5.73. The van der Waals surface area contributed by atoms with Crippen molar-refractivity contribution in [2.75, 3.05) is 5.75 Å². The Kier molecular flexibility index (Phi) is 4.77. The summed E-state index contributed by atoms with van der Waals surface area (Å²) in [5, 5.41) is 0. The van der Waals surface area contributed by atoms with Gasteiger partial charge in [-0.15, -0.1) is 11.8 Å². The standard InChI is InChI=1S/C15H13NOS/c17-12-16-14-7-4-8-15(11-14)18-10-9-13-5-2-1-3-6-13/h1-8,11H,9-10H2. The smallest absolute Gasteiger partial charge is 0.211 e. The minimum Gasteiger partial charge on any atom is -0.211 e. The average Bonchev–Trinajstić information content (AvgIpc) is 2.41. The Hall–Kier alpha value is -1.83. The van der Waals surface area contributed by atoms with Crippen molar-refractivity contribution in [1.29, 1.82) is 0 Å². The van der Waals surface area contributed by atoms with Crippen LogP contribution in [0.2, 0.25) is 0 Å². The van der Waals surface area contributed by atoms with Crippen LogP contribution in [0.25, 0.3) is 0 Å². The van der Waals surface area contributed by atoms with E-state index in [1.807, 2.05) is 24.3 Å². The highest BCUT2D eigenvalue weighted by Gasteiger charge is 1.97. The minimum absolute atomic E-state index is 0.662. The highest BCUT2D eigenvalue weighted by atomic mass is 32.2. The van der Waals surface area contributed by atoms with Gasteiger partial charge in [0.15, 0.2) is 0 Å². The molecule has 0 spiro atoms. The Labute approximate surface area is 111 Å². The van der Waals surface area contributed by atoms with Gasteiger partial charge in [0, 0.05) is 10.6 Å². The molecule has 0 radical (unpaired) electrons. The van der Waals surface area contributed by atoms with E-state index in [-0.39, 0.29) is 0 Å². The molecule has 2 rings (SSSR count). The highest BCUT2D eigenvalue weighted by Crippen LogP contribution is 2.23. The van der Waals surface area contributed by atoms with Crippen molar-refractivity contribution in [3.63, 3.8) is 0 Å². The van der Waals surface area contributed by atoms with E-state index in [0.29, 0.717) is 5.69 Å². The van der Waals surface area contributed by atoms with E-state index in [0.717, 1.165) is 17.1 Å². The summed E-state index contributed by atoms with van der Waals surface area (Å²) in [4.78, 5) is 14.9. The van der Waals surface area contributed by atoms with E-state index in [1.54, 1.807) is 23.9 Å². The van der Waals surface area contributed by atoms with Gasteiger partial charge < -0.3 is 0 Å². The van der Waals surface area contributed by atoms with Crippen molar-refractivity contribution < 1.29 is 4.79 Å². The number of carbonyl (C=O) groups excluding carboxylic acids is 1. The lowest BCUT2D eigenvalue weighted by Gasteiger charge is -2.02. The van der Waals surface area contributed by atoms with Crippen LogP contribution in [0.5, 0.6) is 0 Å². The van der Waals surface area contributed by atoms with Crippen LogP contribution in [0.15, 0.2) is 64.5 Å². The summed E-state index contributed by atoms with van der Waals surface area (Å²) in [5.41, 5.74) is 2.00. The van der Waals surface area contributed by atoms with Gasteiger partial charge in [0.25, 0.3) is 0 Å².